The third-order valence-corrected chi connectivity index (χ3v) is 4.36. The number of halogens is 1. The van der Waals surface area contributed by atoms with Crippen LogP contribution in [0, 0.1) is 0 Å². The molecule has 0 amide bonds. The Morgan fingerprint density at radius 1 is 1.15 bits per heavy atom. The summed E-state index contributed by atoms with van der Waals surface area (Å²) in [5.74, 6) is 0. The van der Waals surface area contributed by atoms with Crippen molar-refractivity contribution >= 4 is 37.3 Å². The molecule has 2 aromatic rings. The van der Waals surface area contributed by atoms with E-state index in [-0.39, 0.29) is 4.90 Å². The first-order chi connectivity index (χ1) is 9.36. The summed E-state index contributed by atoms with van der Waals surface area (Å²) in [5.41, 5.74) is 7.67. The van der Waals surface area contributed by atoms with Gasteiger partial charge in [0.05, 0.1) is 4.90 Å². The van der Waals surface area contributed by atoms with Gasteiger partial charge in [0.15, 0.2) is 0 Å². The van der Waals surface area contributed by atoms with Crippen LogP contribution in [0.2, 0.25) is 0 Å². The van der Waals surface area contributed by atoms with Crippen LogP contribution in [-0.4, -0.2) is 8.42 Å². The molecule has 0 aliphatic heterocycles. The molecule has 0 radical (unpaired) electrons. The highest BCUT2D eigenvalue weighted by molar-refractivity contribution is 9.10. The minimum Gasteiger partial charge on any atom is -0.399 e. The lowest BCUT2D eigenvalue weighted by molar-refractivity contribution is 0.598. The van der Waals surface area contributed by atoms with Crippen molar-refractivity contribution in [1.82, 2.24) is 0 Å². The van der Waals surface area contributed by atoms with Crippen molar-refractivity contribution in [1.29, 1.82) is 0 Å². The highest BCUT2D eigenvalue weighted by Crippen LogP contribution is 2.22. The third kappa shape index (κ3) is 3.72. The number of hydrogen-bond donors (Lipinski definition) is 3. The van der Waals surface area contributed by atoms with Gasteiger partial charge in [0.1, 0.15) is 0 Å². The Hall–Kier alpha value is -1.57. The number of anilines is 2. The van der Waals surface area contributed by atoms with Gasteiger partial charge in [0.25, 0.3) is 0 Å². The first kappa shape index (κ1) is 14.8. The van der Waals surface area contributed by atoms with E-state index in [0.717, 1.165) is 10.0 Å². The molecule has 0 saturated heterocycles. The SMILES string of the molecule is Nc1cc(NCc2ccccc2Br)cc(S(N)(=O)=O)c1. The highest BCUT2D eigenvalue weighted by atomic mass is 79.9. The van der Waals surface area contributed by atoms with Crippen LogP contribution < -0.4 is 16.2 Å². The highest BCUT2D eigenvalue weighted by Gasteiger charge is 2.10. The molecule has 2 rings (SSSR count). The molecule has 0 atom stereocenters. The Bertz CT molecular complexity index is 732. The minimum atomic E-state index is -3.77. The monoisotopic (exact) mass is 355 g/mol. The summed E-state index contributed by atoms with van der Waals surface area (Å²) in [6.07, 6.45) is 0. The average molecular weight is 356 g/mol. The predicted molar refractivity (Wildman–Crippen MR) is 83.7 cm³/mol. The quantitative estimate of drug-likeness (QED) is 0.732. The van der Waals surface area contributed by atoms with E-state index >= 15 is 0 Å². The molecule has 0 saturated carbocycles. The molecule has 0 aliphatic rings. The Morgan fingerprint density at radius 2 is 1.85 bits per heavy atom. The first-order valence-electron chi connectivity index (χ1n) is 5.77. The molecule has 0 aromatic heterocycles. The molecule has 0 aliphatic carbocycles. The van der Waals surface area contributed by atoms with E-state index in [1.807, 2.05) is 24.3 Å². The summed E-state index contributed by atoms with van der Waals surface area (Å²) in [4.78, 5) is -0.00729. The van der Waals surface area contributed by atoms with Crippen LogP contribution in [0.3, 0.4) is 0 Å². The van der Waals surface area contributed by atoms with E-state index in [9.17, 15) is 8.42 Å². The van der Waals surface area contributed by atoms with Gasteiger partial charge in [-0.25, -0.2) is 13.6 Å². The van der Waals surface area contributed by atoms with Crippen molar-refractivity contribution < 1.29 is 8.42 Å². The van der Waals surface area contributed by atoms with Crippen molar-refractivity contribution in [3.05, 3.63) is 52.5 Å². The number of nitrogens with one attached hydrogen (secondary N) is 1. The van der Waals surface area contributed by atoms with Gasteiger partial charge in [-0.2, -0.15) is 0 Å². The second-order valence-electron chi connectivity index (χ2n) is 4.28. The van der Waals surface area contributed by atoms with Crippen LogP contribution >= 0.6 is 15.9 Å². The fraction of sp³-hybridized carbons (Fsp3) is 0.0769. The normalized spacial score (nSPS) is 11.3. The molecule has 5 N–H and O–H groups in total. The van der Waals surface area contributed by atoms with Gasteiger partial charge in [0.2, 0.25) is 10.0 Å². The van der Waals surface area contributed by atoms with Gasteiger partial charge in [-0.15, -0.1) is 0 Å². The number of primary sulfonamides is 1. The van der Waals surface area contributed by atoms with Crippen LogP contribution in [0.1, 0.15) is 5.56 Å². The lowest BCUT2D eigenvalue weighted by atomic mass is 10.2. The number of sulfonamides is 1. The molecule has 0 spiro atoms. The molecule has 0 fully saturated rings. The standard InChI is InChI=1S/C13H14BrN3O2S/c14-13-4-2-1-3-9(13)8-17-11-5-10(15)6-12(7-11)20(16,18)19/h1-7,17H,8,15H2,(H2,16,18,19). The molecule has 20 heavy (non-hydrogen) atoms. The van der Waals surface area contributed by atoms with Gasteiger partial charge in [-0.1, -0.05) is 34.1 Å². The van der Waals surface area contributed by atoms with Gasteiger partial charge in [0, 0.05) is 22.4 Å². The topological polar surface area (TPSA) is 98.2 Å². The summed E-state index contributed by atoms with van der Waals surface area (Å²) in [7, 11) is -3.77. The van der Waals surface area contributed by atoms with E-state index in [4.69, 9.17) is 10.9 Å². The second kappa shape index (κ2) is 5.82. The van der Waals surface area contributed by atoms with Crippen molar-refractivity contribution in [2.75, 3.05) is 11.1 Å². The molecular weight excluding hydrogens is 342 g/mol. The Kier molecular flexibility index (Phi) is 4.32. The Labute approximate surface area is 126 Å². The van der Waals surface area contributed by atoms with E-state index in [0.29, 0.717) is 17.9 Å². The van der Waals surface area contributed by atoms with Crippen LogP contribution in [0.25, 0.3) is 0 Å². The zero-order valence-electron chi connectivity index (χ0n) is 10.5. The van der Waals surface area contributed by atoms with Gasteiger partial charge >= 0.3 is 0 Å². The first-order valence-corrected chi connectivity index (χ1v) is 8.11. The van der Waals surface area contributed by atoms with Crippen molar-refractivity contribution in [2.24, 2.45) is 5.14 Å². The van der Waals surface area contributed by atoms with E-state index < -0.39 is 10.0 Å². The molecule has 5 nitrogen and oxygen atoms in total. The maximum atomic E-state index is 11.4. The maximum absolute atomic E-state index is 11.4. The largest absolute Gasteiger partial charge is 0.399 e. The zero-order valence-corrected chi connectivity index (χ0v) is 12.9. The molecule has 0 unspecified atom stereocenters. The van der Waals surface area contributed by atoms with E-state index in [1.54, 1.807) is 6.07 Å². The Balaban J connectivity index is 2.22. The lowest BCUT2D eigenvalue weighted by Crippen LogP contribution is -2.13. The van der Waals surface area contributed by atoms with Gasteiger partial charge < -0.3 is 11.1 Å². The number of nitrogen functional groups attached to an aromatic ring is 1. The Morgan fingerprint density at radius 3 is 2.50 bits per heavy atom. The zero-order chi connectivity index (χ0) is 14.8. The molecule has 7 heteroatoms. The van der Waals surface area contributed by atoms with Crippen molar-refractivity contribution in [2.45, 2.75) is 11.4 Å². The smallest absolute Gasteiger partial charge is 0.238 e. The number of nitrogens with two attached hydrogens (primary N) is 2. The summed E-state index contributed by atoms with van der Waals surface area (Å²) in [5, 5.41) is 8.23. The number of hydrogen-bond acceptors (Lipinski definition) is 4. The molecule has 0 bridgehead atoms. The molecule has 2 aromatic carbocycles. The second-order valence-corrected chi connectivity index (χ2v) is 6.70. The third-order valence-electron chi connectivity index (χ3n) is 2.70. The van der Waals surface area contributed by atoms with Crippen molar-refractivity contribution in [3.8, 4) is 0 Å². The lowest BCUT2D eigenvalue weighted by Gasteiger charge is -2.10. The van der Waals surface area contributed by atoms with E-state index in [1.165, 1.54) is 12.1 Å². The van der Waals surface area contributed by atoms with Crippen LogP contribution in [0.15, 0.2) is 51.8 Å². The predicted octanol–water partition coefficient (Wildman–Crippen LogP) is 2.29. The average Bonchev–Trinajstić information content (AvgIpc) is 2.36. The van der Waals surface area contributed by atoms with Crippen LogP contribution in [0.5, 0.6) is 0 Å². The summed E-state index contributed by atoms with van der Waals surface area (Å²) < 4.78 is 23.7. The number of benzene rings is 2. The van der Waals surface area contributed by atoms with Crippen molar-refractivity contribution in [3.63, 3.8) is 0 Å². The summed E-state index contributed by atoms with van der Waals surface area (Å²) in [6, 6.07) is 12.2. The summed E-state index contributed by atoms with van der Waals surface area (Å²) in [6.45, 7) is 0.537. The maximum Gasteiger partial charge on any atom is 0.238 e. The van der Waals surface area contributed by atoms with Crippen LogP contribution in [0.4, 0.5) is 11.4 Å². The fourth-order valence-corrected chi connectivity index (χ4v) is 2.74. The fourth-order valence-electron chi connectivity index (χ4n) is 1.73. The van der Waals surface area contributed by atoms with Gasteiger partial charge in [-0.3, -0.25) is 0 Å². The van der Waals surface area contributed by atoms with E-state index in [2.05, 4.69) is 21.2 Å². The molecule has 106 valence electrons. The van der Waals surface area contributed by atoms with Gasteiger partial charge in [-0.05, 0) is 29.8 Å². The molecular formula is C13H14BrN3O2S. The molecule has 0 heterocycles. The summed E-state index contributed by atoms with van der Waals surface area (Å²) >= 11 is 3.45. The number of rotatable bonds is 4. The minimum absolute atomic E-state index is 0.00729. The van der Waals surface area contributed by atoms with Crippen LogP contribution in [-0.2, 0) is 16.6 Å².